The predicted octanol–water partition coefficient (Wildman–Crippen LogP) is 2.67. The number of rotatable bonds is 4. The second-order valence-corrected chi connectivity index (χ2v) is 8.07. The van der Waals surface area contributed by atoms with Gasteiger partial charge >= 0.3 is 5.97 Å². The maximum atomic E-state index is 13.8. The molecule has 1 unspecified atom stereocenters. The Morgan fingerprint density at radius 3 is 2.85 bits per heavy atom. The fraction of sp³-hybridized carbons (Fsp3) is 0.526. The Kier molecular flexibility index (Phi) is 4.99. The molecule has 2 aromatic rings. The number of halogens is 1. The Bertz CT molecular complexity index is 865. The van der Waals surface area contributed by atoms with Crippen molar-refractivity contribution in [3.8, 4) is 0 Å². The van der Waals surface area contributed by atoms with E-state index in [1.165, 1.54) is 17.4 Å². The quantitative estimate of drug-likeness (QED) is 0.750. The van der Waals surface area contributed by atoms with E-state index < -0.39 is 0 Å². The minimum atomic E-state index is -0.318. The first-order valence-electron chi connectivity index (χ1n) is 9.32. The van der Waals surface area contributed by atoms with Crippen molar-refractivity contribution in [1.29, 1.82) is 0 Å². The van der Waals surface area contributed by atoms with Crippen LogP contribution in [-0.4, -0.2) is 54.5 Å². The van der Waals surface area contributed by atoms with Gasteiger partial charge in [-0.3, -0.25) is 9.59 Å². The van der Waals surface area contributed by atoms with E-state index in [2.05, 4.69) is 4.98 Å². The molecule has 3 heterocycles. The molecule has 2 aliphatic heterocycles. The van der Waals surface area contributed by atoms with Crippen molar-refractivity contribution in [2.24, 2.45) is 11.8 Å². The number of amides is 1. The SMILES string of the molecule is CCOC(=O)C1CCCN(C(=O)C2CN(c3nc4c(F)cccc4s3)C2)C1. The molecule has 1 aromatic heterocycles. The van der Waals surface area contributed by atoms with Crippen LogP contribution in [0.25, 0.3) is 10.2 Å². The standard InChI is InChI=1S/C19H22FN3O3S/c1-2-26-18(25)12-5-4-8-22(9-12)17(24)13-10-23(11-13)19-21-16-14(20)6-3-7-15(16)27-19/h3,6-7,12-13H,2,4-5,8-11H2,1H3. The number of carbonyl (C=O) groups is 2. The highest BCUT2D eigenvalue weighted by molar-refractivity contribution is 7.22. The Morgan fingerprint density at radius 2 is 2.11 bits per heavy atom. The van der Waals surface area contributed by atoms with E-state index in [0.717, 1.165) is 22.7 Å². The van der Waals surface area contributed by atoms with E-state index in [1.807, 2.05) is 11.0 Å². The number of likely N-dealkylation sites (tertiary alicyclic amines) is 1. The van der Waals surface area contributed by atoms with Gasteiger partial charge in [-0.15, -0.1) is 0 Å². The Labute approximate surface area is 160 Å². The van der Waals surface area contributed by atoms with Crippen molar-refractivity contribution in [2.75, 3.05) is 37.7 Å². The normalized spacial score (nSPS) is 20.6. The van der Waals surface area contributed by atoms with Gasteiger partial charge < -0.3 is 14.5 Å². The monoisotopic (exact) mass is 391 g/mol. The fourth-order valence-electron chi connectivity index (χ4n) is 3.72. The number of carbonyl (C=O) groups excluding carboxylic acids is 2. The maximum absolute atomic E-state index is 13.8. The van der Waals surface area contributed by atoms with Gasteiger partial charge in [0.05, 0.1) is 23.1 Å². The van der Waals surface area contributed by atoms with E-state index in [0.29, 0.717) is 38.3 Å². The molecule has 2 fully saturated rings. The molecule has 6 nitrogen and oxygen atoms in total. The van der Waals surface area contributed by atoms with E-state index in [9.17, 15) is 14.0 Å². The minimum Gasteiger partial charge on any atom is -0.466 e. The highest BCUT2D eigenvalue weighted by Crippen LogP contribution is 2.34. The van der Waals surface area contributed by atoms with Crippen LogP contribution in [-0.2, 0) is 14.3 Å². The van der Waals surface area contributed by atoms with Crippen LogP contribution in [0.4, 0.5) is 9.52 Å². The van der Waals surface area contributed by atoms with Crippen molar-refractivity contribution in [2.45, 2.75) is 19.8 Å². The summed E-state index contributed by atoms with van der Waals surface area (Å²) in [7, 11) is 0. The van der Waals surface area contributed by atoms with E-state index in [-0.39, 0.29) is 29.5 Å². The van der Waals surface area contributed by atoms with E-state index >= 15 is 0 Å². The van der Waals surface area contributed by atoms with Crippen LogP contribution in [0, 0.1) is 17.7 Å². The van der Waals surface area contributed by atoms with Gasteiger partial charge in [-0.2, -0.15) is 0 Å². The van der Waals surface area contributed by atoms with Gasteiger partial charge in [0.1, 0.15) is 11.3 Å². The molecule has 1 atom stereocenters. The summed E-state index contributed by atoms with van der Waals surface area (Å²) in [6.45, 7) is 4.46. The first-order chi connectivity index (χ1) is 13.1. The first kappa shape index (κ1) is 18.2. The van der Waals surface area contributed by atoms with Gasteiger partial charge in [-0.25, -0.2) is 9.37 Å². The second-order valence-electron chi connectivity index (χ2n) is 7.06. The number of anilines is 1. The molecule has 144 valence electrons. The lowest BCUT2D eigenvalue weighted by Gasteiger charge is -2.42. The minimum absolute atomic E-state index is 0.0903. The molecule has 0 N–H and O–H groups in total. The summed E-state index contributed by atoms with van der Waals surface area (Å²) in [4.78, 5) is 32.9. The maximum Gasteiger partial charge on any atom is 0.310 e. The summed E-state index contributed by atoms with van der Waals surface area (Å²) in [6, 6.07) is 4.94. The molecule has 27 heavy (non-hydrogen) atoms. The third-order valence-electron chi connectivity index (χ3n) is 5.21. The number of nitrogens with zero attached hydrogens (tertiary/aromatic N) is 3. The fourth-order valence-corrected chi connectivity index (χ4v) is 4.72. The molecular formula is C19H22FN3O3S. The van der Waals surface area contributed by atoms with Crippen molar-refractivity contribution in [3.05, 3.63) is 24.0 Å². The van der Waals surface area contributed by atoms with Crippen LogP contribution in [0.2, 0.25) is 0 Å². The number of piperidine rings is 1. The van der Waals surface area contributed by atoms with Crippen molar-refractivity contribution < 1.29 is 18.7 Å². The third kappa shape index (κ3) is 3.50. The van der Waals surface area contributed by atoms with Crippen molar-refractivity contribution in [1.82, 2.24) is 9.88 Å². The Morgan fingerprint density at radius 1 is 1.30 bits per heavy atom. The summed E-state index contributed by atoms with van der Waals surface area (Å²) >= 11 is 1.44. The molecule has 2 saturated heterocycles. The molecule has 4 rings (SSSR count). The molecule has 0 radical (unpaired) electrons. The van der Waals surface area contributed by atoms with Crippen LogP contribution < -0.4 is 4.90 Å². The number of hydrogen-bond acceptors (Lipinski definition) is 6. The molecule has 0 bridgehead atoms. The second kappa shape index (κ2) is 7.42. The van der Waals surface area contributed by atoms with Gasteiger partial charge in [0.25, 0.3) is 0 Å². The molecule has 1 amide bonds. The largest absolute Gasteiger partial charge is 0.466 e. The number of hydrogen-bond donors (Lipinski definition) is 0. The third-order valence-corrected chi connectivity index (χ3v) is 6.29. The summed E-state index contributed by atoms with van der Waals surface area (Å²) in [5, 5.41) is 0.752. The number of aromatic nitrogens is 1. The lowest BCUT2D eigenvalue weighted by molar-refractivity contribution is -0.152. The van der Waals surface area contributed by atoms with Crippen molar-refractivity contribution >= 4 is 38.6 Å². The van der Waals surface area contributed by atoms with Crippen LogP contribution in [0.15, 0.2) is 18.2 Å². The zero-order chi connectivity index (χ0) is 19.0. The van der Waals surface area contributed by atoms with Crippen LogP contribution in [0.5, 0.6) is 0 Å². The highest BCUT2D eigenvalue weighted by atomic mass is 32.1. The zero-order valence-corrected chi connectivity index (χ0v) is 16.0. The summed E-state index contributed by atoms with van der Waals surface area (Å²) in [5.41, 5.74) is 0.389. The van der Waals surface area contributed by atoms with Crippen LogP contribution >= 0.6 is 11.3 Å². The topological polar surface area (TPSA) is 62.7 Å². The van der Waals surface area contributed by atoms with Gasteiger partial charge in [-0.05, 0) is 31.9 Å². The van der Waals surface area contributed by atoms with Crippen LogP contribution in [0.1, 0.15) is 19.8 Å². The first-order valence-corrected chi connectivity index (χ1v) is 10.1. The van der Waals surface area contributed by atoms with E-state index in [4.69, 9.17) is 4.74 Å². The van der Waals surface area contributed by atoms with Gasteiger partial charge in [0.2, 0.25) is 5.91 Å². The lowest BCUT2D eigenvalue weighted by atomic mass is 9.94. The molecule has 0 spiro atoms. The van der Waals surface area contributed by atoms with Crippen molar-refractivity contribution in [3.63, 3.8) is 0 Å². The van der Waals surface area contributed by atoms with E-state index in [1.54, 1.807) is 17.9 Å². The number of fused-ring (bicyclic) bond motifs is 1. The average Bonchev–Trinajstić information content (AvgIpc) is 3.06. The molecule has 0 aliphatic carbocycles. The number of esters is 1. The summed E-state index contributed by atoms with van der Waals surface area (Å²) in [6.07, 6.45) is 1.60. The molecular weight excluding hydrogens is 369 g/mol. The average molecular weight is 391 g/mol. The molecule has 8 heteroatoms. The molecule has 0 saturated carbocycles. The zero-order valence-electron chi connectivity index (χ0n) is 15.2. The predicted molar refractivity (Wildman–Crippen MR) is 101 cm³/mol. The van der Waals surface area contributed by atoms with Gasteiger partial charge in [-0.1, -0.05) is 17.4 Å². The summed E-state index contributed by atoms with van der Waals surface area (Å²) in [5.74, 6) is -0.746. The molecule has 1 aromatic carbocycles. The lowest BCUT2D eigenvalue weighted by Crippen LogP contribution is -2.56. The van der Waals surface area contributed by atoms with Crippen LogP contribution in [0.3, 0.4) is 0 Å². The summed E-state index contributed by atoms with van der Waals surface area (Å²) < 4.78 is 19.7. The number of thiazole rings is 1. The highest BCUT2D eigenvalue weighted by Gasteiger charge is 2.39. The number of para-hydroxylation sites is 1. The number of ether oxygens (including phenoxy) is 1. The number of benzene rings is 1. The Hall–Kier alpha value is -2.22. The smallest absolute Gasteiger partial charge is 0.310 e. The van der Waals surface area contributed by atoms with Gasteiger partial charge in [0.15, 0.2) is 5.13 Å². The Balaban J connectivity index is 1.36. The molecule has 2 aliphatic rings. The van der Waals surface area contributed by atoms with Gasteiger partial charge in [0, 0.05) is 26.2 Å².